The van der Waals surface area contributed by atoms with Crippen LogP contribution < -0.4 is 0 Å². The maximum Gasteiger partial charge on any atom is 0.229 e. The Hall–Kier alpha value is -1.77. The molecule has 1 amide bonds. The van der Waals surface area contributed by atoms with E-state index in [0.29, 0.717) is 19.1 Å². The predicted molar refractivity (Wildman–Crippen MR) is 104 cm³/mol. The Kier molecular flexibility index (Phi) is 5.06. The first kappa shape index (κ1) is 17.6. The number of allylic oxidation sites excluding steroid dienone is 1. The highest BCUT2D eigenvalue weighted by Gasteiger charge is 2.39. The zero-order chi connectivity index (χ0) is 18.1. The third-order valence-electron chi connectivity index (χ3n) is 5.89. The SMILES string of the molecule is Cc1ccc(C2CC(=O)N3CN(C4CCCCC4)CSC3=C2C#N)cc1. The van der Waals surface area contributed by atoms with Crippen molar-refractivity contribution < 1.29 is 4.79 Å². The third kappa shape index (κ3) is 3.28. The van der Waals surface area contributed by atoms with Crippen LogP contribution in [0.5, 0.6) is 0 Å². The number of carbonyl (C=O) groups is 1. The number of nitriles is 1. The molecule has 1 aliphatic carbocycles. The highest BCUT2D eigenvalue weighted by Crippen LogP contribution is 2.43. The van der Waals surface area contributed by atoms with Gasteiger partial charge < -0.3 is 0 Å². The van der Waals surface area contributed by atoms with Gasteiger partial charge in [0.2, 0.25) is 5.91 Å². The van der Waals surface area contributed by atoms with Crippen molar-refractivity contribution in [3.8, 4) is 6.07 Å². The van der Waals surface area contributed by atoms with E-state index in [1.807, 2.05) is 4.90 Å². The van der Waals surface area contributed by atoms with Crippen molar-refractivity contribution in [3.63, 3.8) is 0 Å². The molecule has 26 heavy (non-hydrogen) atoms. The molecule has 3 aliphatic rings. The van der Waals surface area contributed by atoms with Crippen molar-refractivity contribution in [1.82, 2.24) is 9.80 Å². The van der Waals surface area contributed by atoms with Crippen molar-refractivity contribution in [2.75, 3.05) is 12.5 Å². The van der Waals surface area contributed by atoms with Crippen molar-refractivity contribution in [2.45, 2.75) is 57.4 Å². The minimum Gasteiger partial charge on any atom is -0.292 e. The van der Waals surface area contributed by atoms with Gasteiger partial charge in [0.1, 0.15) is 0 Å². The summed E-state index contributed by atoms with van der Waals surface area (Å²) in [7, 11) is 0. The summed E-state index contributed by atoms with van der Waals surface area (Å²) in [6, 6.07) is 11.3. The fraction of sp³-hybridized carbons (Fsp3) is 0.524. The molecule has 0 bridgehead atoms. The minimum absolute atomic E-state index is 0.104. The topological polar surface area (TPSA) is 47.3 Å². The molecule has 0 aromatic heterocycles. The molecular formula is C21H25N3OS. The molecule has 0 spiro atoms. The number of hydrogen-bond donors (Lipinski definition) is 0. The Morgan fingerprint density at radius 2 is 1.88 bits per heavy atom. The molecule has 4 rings (SSSR count). The minimum atomic E-state index is -0.104. The lowest BCUT2D eigenvalue weighted by atomic mass is 9.86. The number of rotatable bonds is 2. The smallest absolute Gasteiger partial charge is 0.229 e. The van der Waals surface area contributed by atoms with E-state index < -0.39 is 0 Å². The van der Waals surface area contributed by atoms with Crippen molar-refractivity contribution in [2.24, 2.45) is 0 Å². The maximum absolute atomic E-state index is 12.9. The van der Waals surface area contributed by atoms with E-state index in [0.717, 1.165) is 22.0 Å². The van der Waals surface area contributed by atoms with E-state index >= 15 is 0 Å². The average molecular weight is 368 g/mol. The van der Waals surface area contributed by atoms with Crippen LogP contribution in [0.15, 0.2) is 34.9 Å². The normalized spacial score (nSPS) is 25.2. The summed E-state index contributed by atoms with van der Waals surface area (Å²) in [4.78, 5) is 17.2. The molecule has 1 aromatic carbocycles. The zero-order valence-corrected chi connectivity index (χ0v) is 16.1. The van der Waals surface area contributed by atoms with Crippen LogP contribution in [0.4, 0.5) is 0 Å². The number of benzene rings is 1. The number of carbonyl (C=O) groups excluding carboxylic acids is 1. The van der Waals surface area contributed by atoms with Gasteiger partial charge >= 0.3 is 0 Å². The lowest BCUT2D eigenvalue weighted by molar-refractivity contribution is -0.132. The van der Waals surface area contributed by atoms with Gasteiger partial charge in [0.25, 0.3) is 0 Å². The molecule has 1 unspecified atom stereocenters. The van der Waals surface area contributed by atoms with Crippen LogP contribution in [0.1, 0.15) is 55.6 Å². The Morgan fingerprint density at radius 1 is 1.15 bits per heavy atom. The summed E-state index contributed by atoms with van der Waals surface area (Å²) in [5.74, 6) is 0.931. The quantitative estimate of drug-likeness (QED) is 0.780. The van der Waals surface area contributed by atoms with Gasteiger partial charge in [0.05, 0.1) is 29.2 Å². The van der Waals surface area contributed by atoms with Gasteiger partial charge in [-0.1, -0.05) is 60.9 Å². The molecule has 2 aliphatic heterocycles. The van der Waals surface area contributed by atoms with Gasteiger partial charge in [-0.15, -0.1) is 0 Å². The molecule has 1 saturated heterocycles. The summed E-state index contributed by atoms with van der Waals surface area (Å²) in [5, 5.41) is 10.7. The van der Waals surface area contributed by atoms with Crippen LogP contribution in [-0.2, 0) is 4.79 Å². The van der Waals surface area contributed by atoms with E-state index in [9.17, 15) is 10.1 Å². The van der Waals surface area contributed by atoms with Crippen LogP contribution in [0, 0.1) is 18.3 Å². The molecule has 5 heteroatoms. The first-order chi connectivity index (χ1) is 12.7. The number of thioether (sulfide) groups is 1. The Bertz CT molecular complexity index is 758. The number of amides is 1. The van der Waals surface area contributed by atoms with Gasteiger partial charge in [0.15, 0.2) is 0 Å². The van der Waals surface area contributed by atoms with E-state index in [4.69, 9.17) is 0 Å². The molecule has 2 heterocycles. The van der Waals surface area contributed by atoms with Crippen LogP contribution >= 0.6 is 11.8 Å². The lowest BCUT2D eigenvalue weighted by Crippen LogP contribution is -2.51. The van der Waals surface area contributed by atoms with Crippen molar-refractivity contribution in [3.05, 3.63) is 46.0 Å². The summed E-state index contributed by atoms with van der Waals surface area (Å²) >= 11 is 1.68. The molecule has 0 N–H and O–H groups in total. The zero-order valence-electron chi connectivity index (χ0n) is 15.3. The molecule has 0 radical (unpaired) electrons. The van der Waals surface area contributed by atoms with E-state index in [1.165, 1.54) is 37.7 Å². The van der Waals surface area contributed by atoms with Gasteiger partial charge in [-0.05, 0) is 25.3 Å². The first-order valence-electron chi connectivity index (χ1n) is 9.55. The molecule has 1 saturated carbocycles. The number of aryl methyl sites for hydroxylation is 1. The fourth-order valence-corrected chi connectivity index (χ4v) is 5.58. The van der Waals surface area contributed by atoms with Gasteiger partial charge in [-0.25, -0.2) is 0 Å². The summed E-state index contributed by atoms with van der Waals surface area (Å²) in [6.45, 7) is 2.70. The standard InChI is InChI=1S/C21H25N3OS/c1-15-7-9-16(10-8-15)18-11-20(25)24-13-23(17-5-3-2-4-6-17)14-26-21(24)19(18)12-22/h7-10,17-18H,2-6,11,13-14H2,1H3. The van der Waals surface area contributed by atoms with Crippen LogP contribution in [0.25, 0.3) is 0 Å². The van der Waals surface area contributed by atoms with Gasteiger partial charge in [0, 0.05) is 18.4 Å². The van der Waals surface area contributed by atoms with Crippen molar-refractivity contribution in [1.29, 1.82) is 5.26 Å². The lowest BCUT2D eigenvalue weighted by Gasteiger charge is -2.44. The third-order valence-corrected chi connectivity index (χ3v) is 7.06. The largest absolute Gasteiger partial charge is 0.292 e. The summed E-state index contributed by atoms with van der Waals surface area (Å²) in [5.41, 5.74) is 3.03. The predicted octanol–water partition coefficient (Wildman–Crippen LogP) is 4.34. The maximum atomic E-state index is 12.9. The second kappa shape index (κ2) is 7.46. The number of fused-ring (bicyclic) bond motifs is 1. The number of hydrogen-bond acceptors (Lipinski definition) is 4. The van der Waals surface area contributed by atoms with Crippen LogP contribution in [0.3, 0.4) is 0 Å². The summed E-state index contributed by atoms with van der Waals surface area (Å²) < 4.78 is 0. The Balaban J connectivity index is 1.60. The van der Waals surface area contributed by atoms with E-state index in [-0.39, 0.29) is 11.8 Å². The van der Waals surface area contributed by atoms with Crippen LogP contribution in [-0.4, -0.2) is 34.3 Å². The van der Waals surface area contributed by atoms with Crippen LogP contribution in [0.2, 0.25) is 0 Å². The summed E-state index contributed by atoms with van der Waals surface area (Å²) in [6.07, 6.45) is 6.79. The number of nitrogens with zero attached hydrogens (tertiary/aromatic N) is 3. The van der Waals surface area contributed by atoms with E-state index in [2.05, 4.69) is 42.2 Å². The van der Waals surface area contributed by atoms with Crippen molar-refractivity contribution >= 4 is 17.7 Å². The molecular weight excluding hydrogens is 342 g/mol. The Labute approximate surface area is 159 Å². The highest BCUT2D eigenvalue weighted by atomic mass is 32.2. The fourth-order valence-electron chi connectivity index (χ4n) is 4.34. The monoisotopic (exact) mass is 367 g/mol. The molecule has 1 atom stereocenters. The Morgan fingerprint density at radius 3 is 2.58 bits per heavy atom. The molecule has 2 fully saturated rings. The average Bonchev–Trinajstić information content (AvgIpc) is 2.69. The molecule has 1 aromatic rings. The van der Waals surface area contributed by atoms with E-state index in [1.54, 1.807) is 11.8 Å². The van der Waals surface area contributed by atoms with Gasteiger partial charge in [-0.2, -0.15) is 5.26 Å². The molecule has 4 nitrogen and oxygen atoms in total. The molecule has 136 valence electrons. The first-order valence-corrected chi connectivity index (χ1v) is 10.5. The second-order valence-corrected chi connectivity index (χ2v) is 8.55. The van der Waals surface area contributed by atoms with Gasteiger partial charge in [-0.3, -0.25) is 14.6 Å². The highest BCUT2D eigenvalue weighted by molar-refractivity contribution is 8.03. The second-order valence-electron chi connectivity index (χ2n) is 7.62.